The lowest BCUT2D eigenvalue weighted by Crippen LogP contribution is -2.41. The van der Waals surface area contributed by atoms with E-state index in [1.165, 1.54) is 17.8 Å². The van der Waals surface area contributed by atoms with E-state index in [2.05, 4.69) is 83.9 Å². The zero-order valence-electron chi connectivity index (χ0n) is 40.1. The highest BCUT2D eigenvalue weighted by molar-refractivity contribution is 8.03. The molecule has 0 radical (unpaired) electrons. The highest BCUT2D eigenvalue weighted by atomic mass is 32.2. The summed E-state index contributed by atoms with van der Waals surface area (Å²) >= 11 is 1.50. The minimum absolute atomic E-state index is 0.0186. The highest BCUT2D eigenvalue weighted by Crippen LogP contribution is 2.49. The number of ether oxygens (including phenoxy) is 1. The molecule has 3 aliphatic heterocycles. The van der Waals surface area contributed by atoms with Crippen LogP contribution in [0.25, 0.3) is 0 Å². The Balaban J connectivity index is 1.19. The van der Waals surface area contributed by atoms with Crippen molar-refractivity contribution >= 4 is 60.8 Å². The van der Waals surface area contributed by atoms with Crippen LogP contribution >= 0.6 is 11.8 Å². The van der Waals surface area contributed by atoms with Crippen molar-refractivity contribution in [3.63, 3.8) is 0 Å². The molecule has 1 fully saturated rings. The third kappa shape index (κ3) is 12.2. The topological polar surface area (TPSA) is 229 Å². The Morgan fingerprint density at radius 3 is 2.27 bits per heavy atom. The van der Waals surface area contributed by atoms with Crippen LogP contribution in [0.2, 0.25) is 0 Å². The normalized spacial score (nSPS) is 22.8. The fourth-order valence-electron chi connectivity index (χ4n) is 9.87. The summed E-state index contributed by atoms with van der Waals surface area (Å²) in [5.41, 5.74) is 6.37. The first-order valence-electron chi connectivity index (χ1n) is 23.6. The zero-order chi connectivity index (χ0) is 51.5. The van der Waals surface area contributed by atoms with Gasteiger partial charge in [0.1, 0.15) is 18.5 Å². The Hall–Kier alpha value is -4.87. The smallest absolute Gasteiger partial charge is 0.351 e. The molecule has 1 aromatic heterocycles. The van der Waals surface area contributed by atoms with E-state index >= 15 is 0 Å². The second-order valence-corrected chi connectivity index (χ2v) is 23.5. The number of aliphatic hydroxyl groups is 2. The molecule has 0 spiro atoms. The lowest BCUT2D eigenvalue weighted by atomic mass is 9.81. The molecule has 3 aromatic rings. The molecule has 0 saturated carbocycles. The number of carbonyl (C=O) groups excluding carboxylic acids is 1. The van der Waals surface area contributed by atoms with Gasteiger partial charge in [0.2, 0.25) is 17.8 Å². The number of aliphatic hydroxyl groups excluding tert-OH is 2. The molecule has 16 nitrogen and oxygen atoms in total. The summed E-state index contributed by atoms with van der Waals surface area (Å²) in [6, 6.07) is 17.4. The first-order valence-corrected chi connectivity index (χ1v) is 27.8. The van der Waals surface area contributed by atoms with Crippen molar-refractivity contribution in [1.82, 2.24) is 9.55 Å². The molecule has 3 unspecified atom stereocenters. The average Bonchev–Trinajstić information content (AvgIpc) is 3.76. The van der Waals surface area contributed by atoms with Gasteiger partial charge in [-0.3, -0.25) is 18.5 Å². The number of aromatic nitrogens is 2. The number of unbranched alkanes of at least 4 members (excludes halogenated alkanes) is 2. The fourth-order valence-corrected chi connectivity index (χ4v) is 12.2. The molecule has 384 valence electrons. The van der Waals surface area contributed by atoms with Gasteiger partial charge in [-0.15, -0.1) is 11.8 Å². The number of amides is 1. The summed E-state index contributed by atoms with van der Waals surface area (Å²) in [7, 11) is -8.22. The summed E-state index contributed by atoms with van der Waals surface area (Å²) in [5, 5.41) is 21.9. The van der Waals surface area contributed by atoms with Crippen molar-refractivity contribution in [3.05, 3.63) is 128 Å². The van der Waals surface area contributed by atoms with E-state index in [-0.39, 0.29) is 36.6 Å². The van der Waals surface area contributed by atoms with E-state index in [4.69, 9.17) is 4.74 Å². The van der Waals surface area contributed by atoms with Crippen molar-refractivity contribution in [2.45, 2.75) is 114 Å². The van der Waals surface area contributed by atoms with E-state index < -0.39 is 73.6 Å². The van der Waals surface area contributed by atoms with Crippen LogP contribution in [0.15, 0.2) is 112 Å². The first-order chi connectivity index (χ1) is 33.4. The molecule has 3 atom stereocenters. The van der Waals surface area contributed by atoms with Gasteiger partial charge in [-0.25, -0.2) is 4.79 Å². The maximum Gasteiger partial charge on any atom is 0.351 e. The Kier molecular flexibility index (Phi) is 16.5. The molecule has 7 rings (SSSR count). The van der Waals surface area contributed by atoms with Gasteiger partial charge in [0, 0.05) is 70.7 Å². The van der Waals surface area contributed by atoms with Gasteiger partial charge in [-0.05, 0) is 87.3 Å². The van der Waals surface area contributed by atoms with E-state index in [1.54, 1.807) is 0 Å². The second-order valence-electron chi connectivity index (χ2n) is 19.2. The van der Waals surface area contributed by atoms with E-state index in [0.29, 0.717) is 36.3 Å². The number of alkyl halides is 2. The van der Waals surface area contributed by atoms with E-state index in [9.17, 15) is 54.5 Å². The highest BCUT2D eigenvalue weighted by Gasteiger charge is 2.59. The molecule has 1 aliphatic carbocycles. The van der Waals surface area contributed by atoms with Crippen LogP contribution in [0, 0.1) is 0 Å². The van der Waals surface area contributed by atoms with Crippen molar-refractivity contribution in [3.8, 4) is 0 Å². The number of para-hydroxylation sites is 2. The van der Waals surface area contributed by atoms with Gasteiger partial charge in [0.25, 0.3) is 20.2 Å². The monoisotopic (exact) mass is 1040 g/mol. The van der Waals surface area contributed by atoms with Gasteiger partial charge < -0.3 is 25.2 Å². The molecule has 4 aliphatic rings. The number of anilines is 2. The van der Waals surface area contributed by atoms with Crippen LogP contribution in [-0.4, -0.2) is 117 Å². The van der Waals surface area contributed by atoms with E-state index in [1.807, 2.05) is 36.4 Å². The van der Waals surface area contributed by atoms with Gasteiger partial charge in [0.05, 0.1) is 23.5 Å². The van der Waals surface area contributed by atoms with Gasteiger partial charge in [-0.2, -0.15) is 35.2 Å². The lowest BCUT2D eigenvalue weighted by molar-refractivity contribution is -0.438. The molecule has 2 aromatic carbocycles. The zero-order valence-corrected chi connectivity index (χ0v) is 42.6. The van der Waals surface area contributed by atoms with Crippen molar-refractivity contribution < 1.29 is 59.0 Å². The largest absolute Gasteiger partial charge is 0.394 e. The molecule has 0 bridgehead atoms. The van der Waals surface area contributed by atoms with Crippen LogP contribution in [-0.2, 0) is 40.6 Å². The van der Waals surface area contributed by atoms with Crippen LogP contribution < -0.4 is 15.9 Å². The Bertz CT molecular complexity index is 2970. The second kappa shape index (κ2) is 21.7. The predicted octanol–water partition coefficient (Wildman–Crippen LogP) is 7.21. The van der Waals surface area contributed by atoms with Crippen molar-refractivity contribution in [1.29, 1.82) is 0 Å². The first kappa shape index (κ1) is 53.9. The SMILES string of the molecule is CC1(C)C(/C=C/C2=C(SCCC(=O)Nc3ccn(C4OC(CO)C(O)C4(F)F)c(=O)n3)C(=C/C=C3/N(CCCCS(=O)(=O)O)c4ccccc4C3(C)C)/CCC2)=[N+](CCCCS(=O)(=O)O)c2ccccc21. The third-order valence-electron chi connectivity index (χ3n) is 13.5. The Morgan fingerprint density at radius 2 is 1.59 bits per heavy atom. The number of halogens is 2. The number of benzene rings is 2. The summed E-state index contributed by atoms with van der Waals surface area (Å²) in [6.45, 7) is 8.73. The number of nitrogens with one attached hydrogen (secondary N) is 1. The minimum Gasteiger partial charge on any atom is -0.394 e. The van der Waals surface area contributed by atoms with Crippen LogP contribution in [0.4, 0.5) is 26.0 Å². The number of hydrogen-bond acceptors (Lipinski definition) is 12. The number of hydrogen-bond donors (Lipinski definition) is 5. The molecule has 5 N–H and O–H groups in total. The molecular weight excluding hydrogens is 981 g/mol. The van der Waals surface area contributed by atoms with Crippen molar-refractivity contribution in [2.24, 2.45) is 0 Å². The minimum atomic E-state index is -4.11. The maximum atomic E-state index is 14.8. The van der Waals surface area contributed by atoms with Gasteiger partial charge >= 0.3 is 11.6 Å². The van der Waals surface area contributed by atoms with E-state index in [0.717, 1.165) is 75.4 Å². The predicted molar refractivity (Wildman–Crippen MR) is 270 cm³/mol. The quantitative estimate of drug-likeness (QED) is 0.0428. The summed E-state index contributed by atoms with van der Waals surface area (Å²) in [4.78, 5) is 33.3. The molecule has 21 heteroatoms. The number of carbonyl (C=O) groups is 1. The van der Waals surface area contributed by atoms with Crippen molar-refractivity contribution in [2.75, 3.05) is 47.2 Å². The number of nitrogens with zero attached hydrogens (tertiary/aromatic N) is 4. The summed E-state index contributed by atoms with van der Waals surface area (Å²) < 4.78 is 102. The van der Waals surface area contributed by atoms with Crippen LogP contribution in [0.3, 0.4) is 0 Å². The fraction of sp³-hybridized carbons (Fsp3) is 0.480. The Labute approximate surface area is 417 Å². The summed E-state index contributed by atoms with van der Waals surface area (Å²) in [6.07, 6.45) is 7.13. The van der Waals surface area contributed by atoms with Crippen LogP contribution in [0.5, 0.6) is 0 Å². The molecule has 1 saturated heterocycles. The summed E-state index contributed by atoms with van der Waals surface area (Å²) in [5.74, 6) is -4.92. The lowest BCUT2D eigenvalue weighted by Gasteiger charge is -2.27. The number of fused-ring (bicyclic) bond motifs is 2. The standard InChI is InChI=1S/C50H61F2N5O11S3/c1-48(2)35-16-5-7-18-37(35)55(26-9-11-30-70(62,63)64)40(48)22-20-33-14-13-15-34(21-23-41-49(3,4)36-17-6-8-19-38(36)56(41)27-10-12-31-71(65,66)67)44(33)69-29-25-43(59)53-42-24-28-57(47(61)54-42)46-50(51,52)45(60)39(32-58)68-46/h5-8,16-24,28,39,45-46,58,60H,9-15,25-27,29-32H2,1-4H3,(H2-,53,54,59,61,62,63,64,65,66,67)/p+1. The maximum absolute atomic E-state index is 14.8. The number of rotatable bonds is 20. The average molecular weight is 1040 g/mol. The molecule has 4 heterocycles. The third-order valence-corrected chi connectivity index (χ3v) is 16.3. The molecule has 71 heavy (non-hydrogen) atoms. The van der Waals surface area contributed by atoms with Gasteiger partial charge in [0.15, 0.2) is 11.8 Å². The number of thioether (sulfide) groups is 1. The molecule has 1 amide bonds. The van der Waals surface area contributed by atoms with Gasteiger partial charge in [-0.1, -0.05) is 62.4 Å². The Morgan fingerprint density at radius 1 is 0.915 bits per heavy atom. The molecular formula is C50H62F2N5O11S3+. The van der Waals surface area contributed by atoms with Crippen LogP contribution in [0.1, 0.15) is 96.4 Å². The number of allylic oxidation sites excluding steroid dienone is 7.